The van der Waals surface area contributed by atoms with Gasteiger partial charge in [0.15, 0.2) is 0 Å². The highest BCUT2D eigenvalue weighted by atomic mass is 35.5. The first-order valence-corrected chi connectivity index (χ1v) is 11.4. The number of carbonyl (C=O) groups excluding carboxylic acids is 1. The minimum absolute atomic E-state index is 0.170. The Hall–Kier alpha value is -2.28. The Kier molecular flexibility index (Phi) is 5.54. The molecular formula is C23H24Cl2N4O2. The van der Waals surface area contributed by atoms with E-state index in [1.165, 1.54) is 19.3 Å². The van der Waals surface area contributed by atoms with Gasteiger partial charge in [0.05, 0.1) is 16.8 Å². The molecule has 2 aromatic rings. The first-order valence-electron chi connectivity index (χ1n) is 10.6. The second kappa shape index (κ2) is 8.34. The maximum absolute atomic E-state index is 13.1. The van der Waals surface area contributed by atoms with Crippen LogP contribution in [0.1, 0.15) is 37.3 Å². The molecular weight excluding hydrogens is 435 g/mol. The SMILES string of the molecule is O=C(NN1CC2CCCC2C1)C1=NN(c2ccc(Cl)cc2Cl)[C@H](c2ccc(O)cc2)C1. The summed E-state index contributed by atoms with van der Waals surface area (Å²) in [6.07, 6.45) is 4.25. The van der Waals surface area contributed by atoms with E-state index in [0.29, 0.717) is 39.7 Å². The van der Waals surface area contributed by atoms with Crippen LogP contribution in [-0.2, 0) is 4.79 Å². The van der Waals surface area contributed by atoms with E-state index in [0.717, 1.165) is 18.7 Å². The van der Waals surface area contributed by atoms with Gasteiger partial charge in [0.1, 0.15) is 11.5 Å². The summed E-state index contributed by atoms with van der Waals surface area (Å²) in [6, 6.07) is 12.0. The molecule has 2 aliphatic heterocycles. The van der Waals surface area contributed by atoms with Gasteiger partial charge in [-0.25, -0.2) is 5.01 Å². The van der Waals surface area contributed by atoms with Crippen LogP contribution in [0.5, 0.6) is 5.75 Å². The van der Waals surface area contributed by atoms with E-state index in [9.17, 15) is 9.90 Å². The van der Waals surface area contributed by atoms with E-state index < -0.39 is 0 Å². The summed E-state index contributed by atoms with van der Waals surface area (Å²) >= 11 is 12.5. The minimum Gasteiger partial charge on any atom is -0.508 e. The lowest BCUT2D eigenvalue weighted by Gasteiger charge is -2.25. The molecule has 1 aliphatic carbocycles. The predicted octanol–water partition coefficient (Wildman–Crippen LogP) is 4.77. The van der Waals surface area contributed by atoms with Crippen LogP contribution in [0, 0.1) is 11.8 Å². The number of aromatic hydroxyl groups is 1. The van der Waals surface area contributed by atoms with Crippen molar-refractivity contribution in [1.29, 1.82) is 0 Å². The predicted molar refractivity (Wildman–Crippen MR) is 122 cm³/mol. The number of hydrazine groups is 1. The van der Waals surface area contributed by atoms with Crippen LogP contribution in [0.2, 0.25) is 10.0 Å². The summed E-state index contributed by atoms with van der Waals surface area (Å²) in [5.74, 6) is 1.41. The molecule has 3 atom stereocenters. The molecule has 0 spiro atoms. The van der Waals surface area contributed by atoms with Crippen LogP contribution in [0.4, 0.5) is 5.69 Å². The number of carbonyl (C=O) groups is 1. The summed E-state index contributed by atoms with van der Waals surface area (Å²) in [7, 11) is 0. The molecule has 8 heteroatoms. The molecule has 1 saturated heterocycles. The van der Waals surface area contributed by atoms with Gasteiger partial charge in [-0.2, -0.15) is 5.10 Å². The molecule has 0 radical (unpaired) electrons. The molecule has 0 bridgehead atoms. The summed E-state index contributed by atoms with van der Waals surface area (Å²) in [5, 5.41) is 19.2. The Morgan fingerprint density at radius 3 is 2.45 bits per heavy atom. The number of anilines is 1. The highest BCUT2D eigenvalue weighted by Crippen LogP contribution is 2.40. The zero-order valence-corrected chi connectivity index (χ0v) is 18.5. The zero-order chi connectivity index (χ0) is 21.5. The first-order chi connectivity index (χ1) is 15.0. The third-order valence-electron chi connectivity index (χ3n) is 6.59. The number of nitrogens with one attached hydrogen (secondary N) is 1. The normalized spacial score (nSPS) is 25.5. The average molecular weight is 459 g/mol. The number of rotatable bonds is 4. The number of halogens is 2. The number of benzene rings is 2. The van der Waals surface area contributed by atoms with Crippen molar-refractivity contribution in [3.63, 3.8) is 0 Å². The summed E-state index contributed by atoms with van der Waals surface area (Å²) in [6.45, 7) is 1.83. The van der Waals surface area contributed by atoms with Crippen molar-refractivity contribution >= 4 is 40.5 Å². The number of phenolic OH excluding ortho intramolecular Hbond substituents is 1. The molecule has 0 aromatic heterocycles. The second-order valence-corrected chi connectivity index (χ2v) is 9.44. The van der Waals surface area contributed by atoms with E-state index >= 15 is 0 Å². The Bertz CT molecular complexity index is 1010. The quantitative estimate of drug-likeness (QED) is 0.692. The lowest BCUT2D eigenvalue weighted by molar-refractivity contribution is -0.119. The summed E-state index contributed by atoms with van der Waals surface area (Å²) < 4.78 is 0. The van der Waals surface area contributed by atoms with Gasteiger partial charge < -0.3 is 5.11 Å². The molecule has 2 aromatic carbocycles. The van der Waals surface area contributed by atoms with Gasteiger partial charge in [0.25, 0.3) is 5.91 Å². The molecule has 31 heavy (non-hydrogen) atoms. The van der Waals surface area contributed by atoms with Crippen LogP contribution < -0.4 is 10.4 Å². The van der Waals surface area contributed by atoms with Crippen LogP contribution in [0.3, 0.4) is 0 Å². The third-order valence-corrected chi connectivity index (χ3v) is 7.13. The van der Waals surface area contributed by atoms with Crippen LogP contribution >= 0.6 is 23.2 Å². The number of hydrogen-bond acceptors (Lipinski definition) is 5. The fraction of sp³-hybridized carbons (Fsp3) is 0.391. The molecule has 2 N–H and O–H groups in total. The lowest BCUT2D eigenvalue weighted by Crippen LogP contribution is -2.44. The van der Waals surface area contributed by atoms with Crippen molar-refractivity contribution in [1.82, 2.24) is 10.4 Å². The topological polar surface area (TPSA) is 68.2 Å². The van der Waals surface area contributed by atoms with Crippen LogP contribution in [-0.4, -0.2) is 34.8 Å². The van der Waals surface area contributed by atoms with Crippen molar-refractivity contribution in [2.75, 3.05) is 18.1 Å². The van der Waals surface area contributed by atoms with Crippen molar-refractivity contribution in [3.8, 4) is 5.75 Å². The molecule has 2 heterocycles. The van der Waals surface area contributed by atoms with Crippen molar-refractivity contribution in [2.24, 2.45) is 16.9 Å². The largest absolute Gasteiger partial charge is 0.508 e. The van der Waals surface area contributed by atoms with Gasteiger partial charge in [0, 0.05) is 24.5 Å². The van der Waals surface area contributed by atoms with Gasteiger partial charge in [-0.3, -0.25) is 15.2 Å². The third kappa shape index (κ3) is 4.12. The molecule has 1 saturated carbocycles. The van der Waals surface area contributed by atoms with E-state index in [1.54, 1.807) is 29.3 Å². The number of amides is 1. The maximum Gasteiger partial charge on any atom is 0.281 e. The summed E-state index contributed by atoms with van der Waals surface area (Å²) in [4.78, 5) is 13.1. The molecule has 2 unspecified atom stereocenters. The molecule has 1 amide bonds. The standard InChI is InChI=1S/C23H24Cl2N4O2/c24-17-6-9-21(19(25)10-17)29-22(14-4-7-18(30)8-5-14)11-20(26-29)23(31)27-28-12-15-2-1-3-16(15)13-28/h4-10,15-16,22,30H,1-3,11-13H2,(H,27,31)/t15?,16?,22-/m0/s1. The van der Waals surface area contributed by atoms with E-state index in [1.807, 2.05) is 23.2 Å². The Morgan fingerprint density at radius 1 is 1.06 bits per heavy atom. The Labute approximate surface area is 191 Å². The van der Waals surface area contributed by atoms with Gasteiger partial charge >= 0.3 is 0 Å². The first kappa shape index (κ1) is 20.6. The average Bonchev–Trinajstić information content (AvgIpc) is 3.43. The zero-order valence-electron chi connectivity index (χ0n) is 17.0. The van der Waals surface area contributed by atoms with Crippen LogP contribution in [0.25, 0.3) is 0 Å². The number of phenols is 1. The fourth-order valence-corrected chi connectivity index (χ4v) is 5.52. The van der Waals surface area contributed by atoms with Gasteiger partial charge in [-0.15, -0.1) is 0 Å². The van der Waals surface area contributed by atoms with E-state index in [4.69, 9.17) is 23.2 Å². The van der Waals surface area contributed by atoms with Crippen molar-refractivity contribution < 1.29 is 9.90 Å². The van der Waals surface area contributed by atoms with Crippen molar-refractivity contribution in [3.05, 3.63) is 58.1 Å². The highest BCUT2D eigenvalue weighted by Gasteiger charge is 2.38. The van der Waals surface area contributed by atoms with Gasteiger partial charge in [-0.1, -0.05) is 41.8 Å². The molecule has 5 rings (SSSR count). The number of hydrogen-bond donors (Lipinski definition) is 2. The number of nitrogens with zero attached hydrogens (tertiary/aromatic N) is 3. The summed E-state index contributed by atoms with van der Waals surface area (Å²) in [5.41, 5.74) is 5.15. The van der Waals surface area contributed by atoms with Gasteiger partial charge in [0.2, 0.25) is 0 Å². The second-order valence-electron chi connectivity index (χ2n) is 8.60. The highest BCUT2D eigenvalue weighted by molar-refractivity contribution is 6.40. The van der Waals surface area contributed by atoms with Crippen LogP contribution in [0.15, 0.2) is 47.6 Å². The smallest absolute Gasteiger partial charge is 0.281 e. The lowest BCUT2D eigenvalue weighted by atomic mass is 10.0. The fourth-order valence-electron chi connectivity index (χ4n) is 5.03. The Morgan fingerprint density at radius 2 is 1.77 bits per heavy atom. The number of fused-ring (bicyclic) bond motifs is 1. The maximum atomic E-state index is 13.1. The van der Waals surface area contributed by atoms with E-state index in [-0.39, 0.29) is 17.7 Å². The van der Waals surface area contributed by atoms with Crippen molar-refractivity contribution in [2.45, 2.75) is 31.7 Å². The molecule has 162 valence electrons. The van der Waals surface area contributed by atoms with Gasteiger partial charge in [-0.05, 0) is 60.6 Å². The molecule has 3 aliphatic rings. The van der Waals surface area contributed by atoms with E-state index in [2.05, 4.69) is 10.5 Å². The monoisotopic (exact) mass is 458 g/mol. The molecule has 2 fully saturated rings. The Balaban J connectivity index is 1.39. The minimum atomic E-state index is -0.210. The number of hydrazone groups is 1. The molecule has 6 nitrogen and oxygen atoms in total.